The van der Waals surface area contributed by atoms with E-state index < -0.39 is 0 Å². The zero-order chi connectivity index (χ0) is 16.7. The average molecular weight is 324 g/mol. The van der Waals surface area contributed by atoms with E-state index >= 15 is 0 Å². The Morgan fingerprint density at radius 2 is 2.04 bits per heavy atom. The van der Waals surface area contributed by atoms with E-state index in [1.807, 2.05) is 35.7 Å². The van der Waals surface area contributed by atoms with Gasteiger partial charge in [-0.2, -0.15) is 0 Å². The number of nitrogens with zero attached hydrogens (tertiary/aromatic N) is 3. The molecule has 24 heavy (non-hydrogen) atoms. The zero-order valence-corrected chi connectivity index (χ0v) is 13.2. The number of amides is 1. The summed E-state index contributed by atoms with van der Waals surface area (Å²) in [7, 11) is 0. The fourth-order valence-corrected chi connectivity index (χ4v) is 3.10. The quantitative estimate of drug-likeness (QED) is 0.803. The van der Waals surface area contributed by atoms with E-state index in [9.17, 15) is 9.18 Å². The molecule has 1 fully saturated rings. The highest BCUT2D eigenvalue weighted by atomic mass is 19.1. The van der Waals surface area contributed by atoms with Crippen LogP contribution in [0.3, 0.4) is 0 Å². The Labute approximate surface area is 138 Å². The van der Waals surface area contributed by atoms with Crippen LogP contribution >= 0.6 is 0 Å². The van der Waals surface area contributed by atoms with Gasteiger partial charge in [0.05, 0.1) is 6.04 Å². The lowest BCUT2D eigenvalue weighted by Crippen LogP contribution is -2.29. The van der Waals surface area contributed by atoms with Crippen molar-refractivity contribution in [1.29, 1.82) is 0 Å². The zero-order valence-electron chi connectivity index (χ0n) is 13.2. The molecule has 1 saturated carbocycles. The van der Waals surface area contributed by atoms with E-state index in [2.05, 4.69) is 15.5 Å². The van der Waals surface area contributed by atoms with Crippen molar-refractivity contribution in [2.75, 3.05) is 0 Å². The molecule has 2 heterocycles. The monoisotopic (exact) mass is 324 g/mol. The van der Waals surface area contributed by atoms with Gasteiger partial charge in [-0.25, -0.2) is 4.39 Å². The molecule has 0 bridgehead atoms. The molecule has 1 N–H and O–H groups in total. The van der Waals surface area contributed by atoms with Crippen LogP contribution in [0.15, 0.2) is 48.7 Å². The molecule has 6 heteroatoms. The Morgan fingerprint density at radius 3 is 2.83 bits per heavy atom. The number of nitrogens with one attached hydrogen (secondary N) is 1. The summed E-state index contributed by atoms with van der Waals surface area (Å²) in [6.07, 6.45) is 2.68. The number of halogens is 1. The van der Waals surface area contributed by atoms with Crippen molar-refractivity contribution in [3.63, 3.8) is 0 Å². The Morgan fingerprint density at radius 1 is 1.25 bits per heavy atom. The second-order valence-corrected chi connectivity index (χ2v) is 6.22. The van der Waals surface area contributed by atoms with Gasteiger partial charge in [-0.1, -0.05) is 18.2 Å². The normalized spacial score (nSPS) is 20.8. The molecule has 0 radical (unpaired) electrons. The fraction of sp³-hybridized carbons (Fsp3) is 0.278. The van der Waals surface area contributed by atoms with Gasteiger partial charge in [0.2, 0.25) is 5.91 Å². The Hall–Kier alpha value is -2.76. The van der Waals surface area contributed by atoms with Crippen LogP contribution in [0.25, 0.3) is 5.65 Å². The molecule has 3 atom stereocenters. The number of rotatable bonds is 4. The van der Waals surface area contributed by atoms with Crippen LogP contribution in [0.4, 0.5) is 4.39 Å². The Balaban J connectivity index is 1.44. The molecular weight excluding hydrogens is 307 g/mol. The number of carbonyl (C=O) groups is 1. The number of benzene rings is 1. The SMILES string of the molecule is CC(NC(=O)C1CC1c1ccc(F)cc1)c1nnc2ccccn12. The Bertz CT molecular complexity index is 889. The third kappa shape index (κ3) is 2.64. The van der Waals surface area contributed by atoms with Gasteiger partial charge < -0.3 is 5.32 Å². The summed E-state index contributed by atoms with van der Waals surface area (Å²) >= 11 is 0. The van der Waals surface area contributed by atoms with Gasteiger partial charge >= 0.3 is 0 Å². The van der Waals surface area contributed by atoms with E-state index in [0.29, 0.717) is 5.82 Å². The molecule has 0 aliphatic heterocycles. The van der Waals surface area contributed by atoms with E-state index in [-0.39, 0.29) is 29.6 Å². The van der Waals surface area contributed by atoms with Crippen LogP contribution in [-0.4, -0.2) is 20.5 Å². The second-order valence-electron chi connectivity index (χ2n) is 6.22. The van der Waals surface area contributed by atoms with Crippen molar-refractivity contribution in [2.24, 2.45) is 5.92 Å². The molecule has 1 aliphatic carbocycles. The van der Waals surface area contributed by atoms with E-state index in [4.69, 9.17) is 0 Å². The number of fused-ring (bicyclic) bond motifs is 1. The van der Waals surface area contributed by atoms with E-state index in [1.54, 1.807) is 12.1 Å². The largest absolute Gasteiger partial charge is 0.346 e. The van der Waals surface area contributed by atoms with Crippen LogP contribution in [0, 0.1) is 11.7 Å². The van der Waals surface area contributed by atoms with Gasteiger partial charge in [0.25, 0.3) is 0 Å². The first kappa shape index (κ1) is 14.8. The van der Waals surface area contributed by atoms with Crippen molar-refractivity contribution >= 4 is 11.6 Å². The molecule has 4 rings (SSSR count). The maximum absolute atomic E-state index is 13.0. The maximum Gasteiger partial charge on any atom is 0.224 e. The van der Waals surface area contributed by atoms with Gasteiger partial charge in [-0.15, -0.1) is 10.2 Å². The first-order chi connectivity index (χ1) is 11.6. The van der Waals surface area contributed by atoms with Crippen molar-refractivity contribution in [3.8, 4) is 0 Å². The number of carbonyl (C=O) groups excluding carboxylic acids is 1. The predicted molar refractivity (Wildman–Crippen MR) is 86.8 cm³/mol. The lowest BCUT2D eigenvalue weighted by Gasteiger charge is -2.12. The van der Waals surface area contributed by atoms with E-state index in [1.165, 1.54) is 12.1 Å². The summed E-state index contributed by atoms with van der Waals surface area (Å²) in [4.78, 5) is 12.5. The van der Waals surface area contributed by atoms with Crippen molar-refractivity contribution in [1.82, 2.24) is 19.9 Å². The van der Waals surface area contributed by atoms with Gasteiger partial charge in [-0.05, 0) is 49.1 Å². The molecule has 1 amide bonds. The molecule has 3 aromatic rings. The van der Waals surface area contributed by atoms with Crippen LogP contribution in [0.1, 0.15) is 36.7 Å². The summed E-state index contributed by atoms with van der Waals surface area (Å²) in [5.41, 5.74) is 1.77. The third-order valence-corrected chi connectivity index (χ3v) is 4.51. The molecule has 2 aromatic heterocycles. The minimum absolute atomic E-state index is 0.00417. The molecule has 3 unspecified atom stereocenters. The van der Waals surface area contributed by atoms with Gasteiger partial charge in [-0.3, -0.25) is 9.20 Å². The first-order valence-electron chi connectivity index (χ1n) is 7.99. The molecule has 122 valence electrons. The van der Waals surface area contributed by atoms with Crippen molar-refractivity contribution in [2.45, 2.75) is 25.3 Å². The fourth-order valence-electron chi connectivity index (χ4n) is 3.10. The standard InChI is InChI=1S/C18H17FN4O/c1-11(17-22-21-16-4-2-3-9-23(16)17)20-18(24)15-10-14(15)12-5-7-13(19)8-6-12/h2-9,11,14-15H,10H2,1H3,(H,20,24). The highest BCUT2D eigenvalue weighted by Gasteiger charge is 2.44. The van der Waals surface area contributed by atoms with Crippen LogP contribution in [-0.2, 0) is 4.79 Å². The highest BCUT2D eigenvalue weighted by Crippen LogP contribution is 2.47. The summed E-state index contributed by atoms with van der Waals surface area (Å²) in [5, 5.41) is 11.3. The minimum Gasteiger partial charge on any atom is -0.346 e. The van der Waals surface area contributed by atoms with Crippen LogP contribution < -0.4 is 5.32 Å². The lowest BCUT2D eigenvalue weighted by atomic mass is 10.1. The molecule has 0 spiro atoms. The minimum atomic E-state index is -0.257. The van der Waals surface area contributed by atoms with Gasteiger partial charge in [0, 0.05) is 12.1 Å². The molecule has 0 saturated heterocycles. The van der Waals surface area contributed by atoms with Crippen LogP contribution in [0.2, 0.25) is 0 Å². The number of hydrogen-bond acceptors (Lipinski definition) is 3. The summed E-state index contributed by atoms with van der Waals surface area (Å²) in [6.45, 7) is 1.90. The van der Waals surface area contributed by atoms with Crippen LogP contribution in [0.5, 0.6) is 0 Å². The van der Waals surface area contributed by atoms with Crippen molar-refractivity contribution in [3.05, 3.63) is 65.9 Å². The molecule has 5 nitrogen and oxygen atoms in total. The van der Waals surface area contributed by atoms with E-state index in [0.717, 1.165) is 17.6 Å². The molecule has 1 aliphatic rings. The van der Waals surface area contributed by atoms with Crippen molar-refractivity contribution < 1.29 is 9.18 Å². The molecule has 1 aromatic carbocycles. The smallest absolute Gasteiger partial charge is 0.224 e. The Kier molecular flexibility index (Phi) is 3.52. The average Bonchev–Trinajstić information content (AvgIpc) is 3.27. The number of hydrogen-bond donors (Lipinski definition) is 1. The summed E-state index contributed by atoms with van der Waals surface area (Å²) in [6, 6.07) is 11.8. The predicted octanol–water partition coefficient (Wildman–Crippen LogP) is 2.85. The lowest BCUT2D eigenvalue weighted by molar-refractivity contribution is -0.123. The number of aromatic nitrogens is 3. The van der Waals surface area contributed by atoms with Gasteiger partial charge in [0.15, 0.2) is 11.5 Å². The maximum atomic E-state index is 13.0. The first-order valence-corrected chi connectivity index (χ1v) is 7.99. The number of pyridine rings is 1. The topological polar surface area (TPSA) is 59.3 Å². The highest BCUT2D eigenvalue weighted by molar-refractivity contribution is 5.83. The van der Waals surface area contributed by atoms with Gasteiger partial charge in [0.1, 0.15) is 5.82 Å². The summed E-state index contributed by atoms with van der Waals surface area (Å²) < 4.78 is 14.9. The molecular formula is C18H17FN4O. The second kappa shape index (κ2) is 5.70. The third-order valence-electron chi connectivity index (χ3n) is 4.51. The summed E-state index contributed by atoms with van der Waals surface area (Å²) in [5.74, 6) is 0.570.